The molecule has 2 unspecified atom stereocenters. The Morgan fingerprint density at radius 2 is 2.00 bits per heavy atom. The predicted molar refractivity (Wildman–Crippen MR) is 146 cm³/mol. The number of thioether (sulfide) groups is 2. The van der Waals surface area contributed by atoms with E-state index in [1.165, 1.54) is 30.0 Å². The molecule has 0 saturated carbocycles. The quantitative estimate of drug-likeness (QED) is 0.100. The van der Waals surface area contributed by atoms with E-state index in [0.29, 0.717) is 16.3 Å². The number of carboxylic acids is 2. The Labute approximate surface area is 238 Å². The Morgan fingerprint density at radius 1 is 1.22 bits per heavy atom. The molecule has 5 rings (SSSR count). The summed E-state index contributed by atoms with van der Waals surface area (Å²) in [7, 11) is 0. The number of aromatic nitrogens is 4. The van der Waals surface area contributed by atoms with Gasteiger partial charge in [0.15, 0.2) is 11.8 Å². The van der Waals surface area contributed by atoms with Crippen molar-refractivity contribution in [2.45, 2.75) is 40.6 Å². The van der Waals surface area contributed by atoms with Gasteiger partial charge in [-0.05, 0) is 41.8 Å². The zero-order valence-corrected chi connectivity index (χ0v) is 22.6. The van der Waals surface area contributed by atoms with Crippen LogP contribution in [0.2, 0.25) is 0 Å². The van der Waals surface area contributed by atoms with Crippen molar-refractivity contribution in [1.29, 1.82) is 0 Å². The minimum atomic E-state index is -1.59. The van der Waals surface area contributed by atoms with E-state index in [-0.39, 0.29) is 35.5 Å². The number of rotatable bonds is 10. The summed E-state index contributed by atoms with van der Waals surface area (Å²) in [5.41, 5.74) is 5.99. The molecule has 41 heavy (non-hydrogen) atoms. The third-order valence-electron chi connectivity index (χ3n) is 6.49. The molecule has 0 aliphatic carbocycles. The zero-order chi connectivity index (χ0) is 29.4. The van der Waals surface area contributed by atoms with E-state index in [2.05, 4.69) is 20.6 Å². The van der Waals surface area contributed by atoms with Crippen LogP contribution in [0.25, 0.3) is 5.65 Å². The summed E-state index contributed by atoms with van der Waals surface area (Å²) in [6.07, 6.45) is -1.86. The number of hydrogen-bond acceptors (Lipinski definition) is 11. The fraction of sp³-hybridized carbons (Fsp3) is 0.292. The molecule has 1 saturated heterocycles. The van der Waals surface area contributed by atoms with E-state index in [9.17, 15) is 39.3 Å². The SMILES string of the molecule is Nc1cccc([C@@H](O)C(=O)NC2C(=O)N3C(C(=O)O)=C(C(CCC(=O)O)Sc4ccc5n[nH]c(=O)n5n4)CS[C@H]23)c1. The number of H-pyrrole nitrogens is 1. The number of hydrogen-bond donors (Lipinski definition) is 6. The number of aromatic amines is 1. The van der Waals surface area contributed by atoms with Crippen LogP contribution < -0.4 is 16.7 Å². The van der Waals surface area contributed by atoms with Gasteiger partial charge in [0, 0.05) is 23.1 Å². The molecule has 2 aliphatic rings. The lowest BCUT2D eigenvalue weighted by molar-refractivity contribution is -0.151. The number of carbonyl (C=O) groups is 4. The van der Waals surface area contributed by atoms with Crippen LogP contribution in [0.1, 0.15) is 24.5 Å². The second-order valence-corrected chi connectivity index (χ2v) is 11.5. The summed E-state index contributed by atoms with van der Waals surface area (Å²) >= 11 is 2.27. The highest BCUT2D eigenvalue weighted by atomic mass is 32.2. The van der Waals surface area contributed by atoms with Crippen molar-refractivity contribution in [3.05, 3.63) is 63.7 Å². The normalized spacial score (nSPS) is 19.8. The maximum Gasteiger partial charge on any atom is 0.364 e. The lowest BCUT2D eigenvalue weighted by Crippen LogP contribution is -2.71. The van der Waals surface area contributed by atoms with Crippen molar-refractivity contribution in [2.75, 3.05) is 11.5 Å². The van der Waals surface area contributed by atoms with Gasteiger partial charge in [0.1, 0.15) is 22.1 Å². The van der Waals surface area contributed by atoms with Gasteiger partial charge in [0.25, 0.3) is 11.8 Å². The molecule has 0 bridgehead atoms. The number of nitrogens with two attached hydrogens (primary N) is 1. The molecule has 1 aromatic carbocycles. The minimum absolute atomic E-state index is 0.0198. The number of nitrogens with zero attached hydrogens (tertiary/aromatic N) is 4. The number of benzene rings is 1. The Hall–Kier alpha value is -4.35. The topological polar surface area (TPSA) is 233 Å². The van der Waals surface area contributed by atoms with Crippen LogP contribution in [0.3, 0.4) is 0 Å². The first kappa shape index (κ1) is 28.2. The number of fused-ring (bicyclic) bond motifs is 2. The van der Waals surface area contributed by atoms with Gasteiger partial charge in [-0.3, -0.25) is 19.3 Å². The highest BCUT2D eigenvalue weighted by molar-refractivity contribution is 8.01. The number of nitrogen functional groups attached to an aromatic ring is 1. The molecule has 2 aliphatic heterocycles. The fourth-order valence-corrected chi connectivity index (χ4v) is 7.22. The van der Waals surface area contributed by atoms with E-state index in [1.807, 2.05) is 0 Å². The summed E-state index contributed by atoms with van der Waals surface area (Å²) in [4.78, 5) is 62.7. The molecule has 7 N–H and O–H groups in total. The number of nitrogens with one attached hydrogen (secondary N) is 2. The van der Waals surface area contributed by atoms with E-state index >= 15 is 0 Å². The van der Waals surface area contributed by atoms with Gasteiger partial charge in [0.05, 0.1) is 0 Å². The smallest absolute Gasteiger partial charge is 0.364 e. The number of carboxylic acid groups (broad SMARTS) is 2. The molecule has 2 amide bonds. The molecule has 4 heterocycles. The van der Waals surface area contributed by atoms with E-state index < -0.39 is 52.2 Å². The summed E-state index contributed by atoms with van der Waals surface area (Å²) < 4.78 is 1.03. The summed E-state index contributed by atoms with van der Waals surface area (Å²) in [6, 6.07) is 8.11. The van der Waals surface area contributed by atoms with E-state index in [0.717, 1.165) is 21.2 Å². The molecule has 15 nitrogen and oxygen atoms in total. The van der Waals surface area contributed by atoms with Gasteiger partial charge in [-0.15, -0.1) is 11.8 Å². The Balaban J connectivity index is 1.39. The van der Waals surface area contributed by atoms with Gasteiger partial charge in [0.2, 0.25) is 0 Å². The highest BCUT2D eigenvalue weighted by Crippen LogP contribution is 2.44. The molecular formula is C24H23N7O8S2. The predicted octanol–water partition coefficient (Wildman–Crippen LogP) is -0.202. The van der Waals surface area contributed by atoms with Crippen LogP contribution in [0.5, 0.6) is 0 Å². The summed E-state index contributed by atoms with van der Waals surface area (Å²) in [6.45, 7) is 0. The van der Waals surface area contributed by atoms with Crippen LogP contribution in [-0.4, -0.2) is 86.2 Å². The van der Waals surface area contributed by atoms with Gasteiger partial charge in [-0.25, -0.2) is 14.7 Å². The number of β-lactam (4-membered cyclic amide) rings is 1. The average molecular weight is 602 g/mol. The van der Waals surface area contributed by atoms with Crippen molar-refractivity contribution >= 4 is 58.6 Å². The van der Waals surface area contributed by atoms with Gasteiger partial charge in [-0.2, -0.15) is 14.7 Å². The summed E-state index contributed by atoms with van der Waals surface area (Å²) in [5.74, 6) is -3.89. The lowest BCUT2D eigenvalue weighted by Gasteiger charge is -2.50. The molecule has 214 valence electrons. The van der Waals surface area contributed by atoms with Crippen molar-refractivity contribution in [1.82, 2.24) is 30.0 Å². The molecule has 17 heteroatoms. The van der Waals surface area contributed by atoms with Gasteiger partial charge >= 0.3 is 17.6 Å². The van der Waals surface area contributed by atoms with Gasteiger partial charge < -0.3 is 26.4 Å². The standard InChI is InChI=1S/C24H23N7O8S2/c25-11-3-1-2-10(8-11)19(34)20(35)26-17-21(36)30-18(23(37)38)12(9-40-22(17)30)13(4-7-16(32)33)41-15-6-5-14-27-28-24(39)31(14)29-15/h1-3,5-6,8,13,17,19,22,34H,4,7,9,25H2,(H,26,35)(H,28,39)(H,32,33)(H,37,38)/t13?,17?,19-,22-/m1/s1. The molecular weight excluding hydrogens is 578 g/mol. The maximum atomic E-state index is 13.1. The zero-order valence-electron chi connectivity index (χ0n) is 21.0. The molecule has 0 radical (unpaired) electrons. The molecule has 0 spiro atoms. The van der Waals surface area contributed by atoms with Crippen molar-refractivity contribution in [2.24, 2.45) is 0 Å². The molecule has 2 aromatic heterocycles. The maximum absolute atomic E-state index is 13.1. The minimum Gasteiger partial charge on any atom is -0.481 e. The molecule has 1 fully saturated rings. The average Bonchev–Trinajstić information content (AvgIpc) is 3.32. The number of amides is 2. The first-order valence-electron chi connectivity index (χ1n) is 12.1. The first-order chi connectivity index (χ1) is 19.5. The fourth-order valence-electron chi connectivity index (χ4n) is 4.56. The van der Waals surface area contributed by atoms with E-state index in [4.69, 9.17) is 5.73 Å². The largest absolute Gasteiger partial charge is 0.481 e. The second-order valence-electron chi connectivity index (χ2n) is 9.16. The first-order valence-corrected chi connectivity index (χ1v) is 14.1. The lowest BCUT2D eigenvalue weighted by atomic mass is 9.99. The molecule has 3 aromatic rings. The Bertz CT molecular complexity index is 1650. The van der Waals surface area contributed by atoms with Crippen LogP contribution in [0, 0.1) is 0 Å². The van der Waals surface area contributed by atoms with Crippen LogP contribution >= 0.6 is 23.5 Å². The Morgan fingerprint density at radius 3 is 2.71 bits per heavy atom. The van der Waals surface area contributed by atoms with Gasteiger partial charge in [-0.1, -0.05) is 23.9 Å². The van der Waals surface area contributed by atoms with Crippen LogP contribution in [0.4, 0.5) is 5.69 Å². The van der Waals surface area contributed by atoms with E-state index in [1.54, 1.807) is 18.2 Å². The number of aliphatic hydroxyl groups is 1. The van der Waals surface area contributed by atoms with Crippen molar-refractivity contribution in [3.63, 3.8) is 0 Å². The van der Waals surface area contributed by atoms with Crippen molar-refractivity contribution in [3.8, 4) is 0 Å². The Kier molecular flexibility index (Phi) is 7.74. The van der Waals surface area contributed by atoms with Crippen molar-refractivity contribution < 1.29 is 34.5 Å². The number of anilines is 1. The highest BCUT2D eigenvalue weighted by Gasteiger charge is 2.55. The summed E-state index contributed by atoms with van der Waals surface area (Å²) in [5, 5.41) is 41.5. The number of aliphatic hydroxyl groups excluding tert-OH is 1. The third kappa shape index (κ3) is 5.50. The van der Waals surface area contributed by atoms with Crippen LogP contribution in [0.15, 0.2) is 57.5 Å². The second kappa shape index (κ2) is 11.3. The number of carbonyl (C=O) groups excluding carboxylic acids is 2. The van der Waals surface area contributed by atoms with Crippen LogP contribution in [-0.2, 0) is 19.2 Å². The monoisotopic (exact) mass is 601 g/mol. The third-order valence-corrected chi connectivity index (χ3v) is 9.06. The molecule has 4 atom stereocenters. The number of aliphatic carboxylic acids is 2.